The van der Waals surface area contributed by atoms with Gasteiger partial charge in [-0.1, -0.05) is 31.5 Å². The highest BCUT2D eigenvalue weighted by atomic mass is 28.3. The highest BCUT2D eigenvalue weighted by molar-refractivity contribution is 6.59. The molecule has 1 saturated heterocycles. The first-order chi connectivity index (χ1) is 14.6. The van der Waals surface area contributed by atoms with E-state index in [2.05, 4.69) is 11.7 Å². The summed E-state index contributed by atoms with van der Waals surface area (Å²) in [6.07, 6.45) is -1.87. The van der Waals surface area contributed by atoms with Crippen LogP contribution in [0.4, 0.5) is 30.7 Å². The van der Waals surface area contributed by atoms with E-state index in [1.165, 1.54) is 18.2 Å². The van der Waals surface area contributed by atoms with E-state index in [0.717, 1.165) is 31.4 Å². The summed E-state index contributed by atoms with van der Waals surface area (Å²) in [6, 6.07) is 7.03. The van der Waals surface area contributed by atoms with Crippen LogP contribution in [-0.2, 0) is 0 Å². The number of benzene rings is 2. The van der Waals surface area contributed by atoms with Crippen LogP contribution in [0.1, 0.15) is 37.7 Å². The maximum absolute atomic E-state index is 14.8. The van der Waals surface area contributed by atoms with Crippen molar-refractivity contribution in [2.75, 3.05) is 6.61 Å². The van der Waals surface area contributed by atoms with Gasteiger partial charge in [-0.2, -0.15) is 13.2 Å². The summed E-state index contributed by atoms with van der Waals surface area (Å²) < 4.78 is 98.7. The smallest absolute Gasteiger partial charge is 0.422 e. The summed E-state index contributed by atoms with van der Waals surface area (Å²) in [5.41, 5.74) is -0.554. The maximum Gasteiger partial charge on any atom is 0.422 e. The molecule has 0 bridgehead atoms. The molecule has 3 rings (SSSR count). The van der Waals surface area contributed by atoms with Gasteiger partial charge in [-0.25, -0.2) is 17.6 Å². The normalized spacial score (nSPS) is 19.5. The Balaban J connectivity index is 1.84. The molecule has 1 aliphatic heterocycles. The second-order valence-corrected chi connectivity index (χ2v) is 11.5. The lowest BCUT2D eigenvalue weighted by molar-refractivity contribution is -0.154. The number of hydrogen-bond acceptors (Lipinski definition) is 1. The maximum atomic E-state index is 14.8. The zero-order valence-corrected chi connectivity index (χ0v) is 18.1. The predicted octanol–water partition coefficient (Wildman–Crippen LogP) is 7.37. The predicted molar refractivity (Wildman–Crippen MR) is 107 cm³/mol. The Labute approximate surface area is 177 Å². The minimum Gasteiger partial charge on any atom is -0.478 e. The number of alkyl halides is 3. The van der Waals surface area contributed by atoms with Gasteiger partial charge in [0, 0.05) is 8.80 Å². The van der Waals surface area contributed by atoms with Crippen LogP contribution in [0, 0.1) is 23.3 Å². The molecule has 31 heavy (non-hydrogen) atoms. The monoisotopic (exact) mass is 464 g/mol. The molecule has 0 aliphatic carbocycles. The number of hydrogen-bond donors (Lipinski definition) is 0. The molecule has 0 radical (unpaired) electrons. The molecule has 1 nitrogen and oxygen atoms in total. The lowest BCUT2D eigenvalue weighted by Crippen LogP contribution is -2.20. The first-order valence-corrected chi connectivity index (χ1v) is 12.7. The Morgan fingerprint density at radius 1 is 0.903 bits per heavy atom. The molecule has 2 aromatic carbocycles. The van der Waals surface area contributed by atoms with Crippen LogP contribution >= 0.6 is 0 Å². The van der Waals surface area contributed by atoms with Gasteiger partial charge in [0.15, 0.2) is 24.0 Å². The average molecular weight is 464 g/mol. The number of halogens is 7. The van der Waals surface area contributed by atoms with Gasteiger partial charge < -0.3 is 4.74 Å². The Hall–Kier alpha value is -2.03. The molecule has 0 spiro atoms. The van der Waals surface area contributed by atoms with Crippen molar-refractivity contribution in [1.29, 1.82) is 0 Å². The third-order valence-electron chi connectivity index (χ3n) is 5.75. The van der Waals surface area contributed by atoms with Gasteiger partial charge >= 0.3 is 6.18 Å². The summed E-state index contributed by atoms with van der Waals surface area (Å²) in [5.74, 6) is -6.07. The minimum absolute atomic E-state index is 0.0465. The first kappa shape index (κ1) is 23.6. The van der Waals surface area contributed by atoms with Gasteiger partial charge in [0.05, 0.1) is 5.56 Å². The molecule has 0 saturated carbocycles. The van der Waals surface area contributed by atoms with E-state index in [4.69, 9.17) is 0 Å². The van der Waals surface area contributed by atoms with Crippen LogP contribution in [-0.4, -0.2) is 21.6 Å². The molecule has 0 amide bonds. The van der Waals surface area contributed by atoms with Crippen molar-refractivity contribution in [2.45, 2.75) is 56.4 Å². The third-order valence-corrected chi connectivity index (χ3v) is 9.44. The van der Waals surface area contributed by atoms with Gasteiger partial charge in [0.25, 0.3) is 0 Å². The average Bonchev–Trinajstić information content (AvgIpc) is 2.67. The summed E-state index contributed by atoms with van der Waals surface area (Å²) in [4.78, 5) is 0. The SMILES string of the molecule is CCC[Si@H]1CC[C@H](c2cc(F)c(-c3cc(F)c(OCC(F)(F)F)c(F)c3)c(F)c2)CC1. The molecule has 0 N–H and O–H groups in total. The largest absolute Gasteiger partial charge is 0.478 e. The highest BCUT2D eigenvalue weighted by Crippen LogP contribution is 2.38. The molecule has 2 aromatic rings. The molecule has 0 unspecified atom stereocenters. The van der Waals surface area contributed by atoms with E-state index >= 15 is 0 Å². The van der Waals surface area contributed by atoms with Crippen molar-refractivity contribution in [2.24, 2.45) is 0 Å². The van der Waals surface area contributed by atoms with Gasteiger partial charge in [0.1, 0.15) is 11.6 Å². The van der Waals surface area contributed by atoms with E-state index in [0.29, 0.717) is 17.7 Å². The van der Waals surface area contributed by atoms with E-state index in [1.807, 2.05) is 0 Å². The van der Waals surface area contributed by atoms with Crippen LogP contribution in [0.25, 0.3) is 11.1 Å². The fourth-order valence-corrected chi connectivity index (χ4v) is 7.72. The number of ether oxygens (including phenoxy) is 1. The third kappa shape index (κ3) is 5.81. The van der Waals surface area contributed by atoms with Crippen LogP contribution < -0.4 is 4.74 Å². The van der Waals surface area contributed by atoms with Crippen molar-refractivity contribution < 1.29 is 35.5 Å². The van der Waals surface area contributed by atoms with Gasteiger partial charge in [-0.05, 0) is 54.2 Å². The summed E-state index contributed by atoms with van der Waals surface area (Å²) >= 11 is 0. The van der Waals surface area contributed by atoms with E-state index in [9.17, 15) is 30.7 Å². The fourth-order valence-electron chi connectivity index (χ4n) is 4.29. The Bertz CT molecular complexity index is 875. The van der Waals surface area contributed by atoms with Crippen LogP contribution in [0.5, 0.6) is 5.75 Å². The zero-order valence-electron chi connectivity index (χ0n) is 17.0. The molecule has 9 heteroatoms. The highest BCUT2D eigenvalue weighted by Gasteiger charge is 2.30. The topological polar surface area (TPSA) is 9.23 Å². The fraction of sp³-hybridized carbons (Fsp3) is 0.455. The standard InChI is InChI=1S/C22H23F7OSi/c1-2-5-31-6-3-13(4-7-31)14-8-16(23)20(17(24)9-14)15-10-18(25)21(19(26)11-15)30-12-22(27,28)29/h8-11,13,31H,2-7,12H2,1H3/t13-,31-. The van der Waals surface area contributed by atoms with Crippen molar-refractivity contribution in [3.05, 3.63) is 53.1 Å². The molecule has 170 valence electrons. The first-order valence-electron chi connectivity index (χ1n) is 10.3. The van der Waals surface area contributed by atoms with Crippen molar-refractivity contribution in [1.82, 2.24) is 0 Å². The van der Waals surface area contributed by atoms with Gasteiger partial charge in [-0.3, -0.25) is 0 Å². The second-order valence-electron chi connectivity index (χ2n) is 8.04. The Kier molecular flexibility index (Phi) is 7.34. The van der Waals surface area contributed by atoms with Crippen molar-refractivity contribution in [3.63, 3.8) is 0 Å². The van der Waals surface area contributed by atoms with Crippen LogP contribution in [0.2, 0.25) is 18.1 Å². The van der Waals surface area contributed by atoms with E-state index < -0.39 is 61.7 Å². The summed E-state index contributed by atoms with van der Waals surface area (Å²) in [6.45, 7) is 0.268. The zero-order chi connectivity index (χ0) is 22.8. The molecular formula is C22H23F7OSi. The molecule has 1 aliphatic rings. The van der Waals surface area contributed by atoms with Crippen LogP contribution in [0.3, 0.4) is 0 Å². The van der Waals surface area contributed by atoms with Crippen molar-refractivity contribution in [3.8, 4) is 16.9 Å². The van der Waals surface area contributed by atoms with E-state index in [-0.39, 0.29) is 5.92 Å². The Morgan fingerprint density at radius 3 is 1.94 bits per heavy atom. The second kappa shape index (κ2) is 9.63. The molecule has 0 atom stereocenters. The number of rotatable bonds is 6. The lowest BCUT2D eigenvalue weighted by atomic mass is 9.91. The quantitative estimate of drug-likeness (QED) is 0.320. The van der Waals surface area contributed by atoms with Crippen LogP contribution in [0.15, 0.2) is 24.3 Å². The summed E-state index contributed by atoms with van der Waals surface area (Å²) in [7, 11) is -0.758. The minimum atomic E-state index is -4.79. The van der Waals surface area contributed by atoms with Gasteiger partial charge in [0.2, 0.25) is 0 Å². The Morgan fingerprint density at radius 2 is 1.45 bits per heavy atom. The molecule has 1 heterocycles. The molecular weight excluding hydrogens is 441 g/mol. The molecule has 1 fully saturated rings. The van der Waals surface area contributed by atoms with Crippen molar-refractivity contribution >= 4 is 8.80 Å². The van der Waals surface area contributed by atoms with Gasteiger partial charge in [-0.15, -0.1) is 0 Å². The molecule has 0 aromatic heterocycles. The summed E-state index contributed by atoms with van der Waals surface area (Å²) in [5, 5.41) is 0. The van der Waals surface area contributed by atoms with E-state index in [1.54, 1.807) is 0 Å². The lowest BCUT2D eigenvalue weighted by Gasteiger charge is -2.28.